The molecule has 4 nitrogen and oxygen atoms in total. The summed E-state index contributed by atoms with van der Waals surface area (Å²) in [4.78, 5) is 10.1. The number of hydrogen-bond acceptors (Lipinski definition) is 3. The Bertz CT molecular complexity index is 439. The molecule has 3 aliphatic rings. The SMILES string of the molecule is CN(C)C(CC1CCCCC1)=NC1CC(N(C)C)NC2CCCCC12. The Morgan fingerprint density at radius 1 is 0.920 bits per heavy atom. The molecule has 1 N–H and O–H groups in total. The first-order chi connectivity index (χ1) is 12.0. The molecule has 3 fully saturated rings. The van der Waals surface area contributed by atoms with Crippen molar-refractivity contribution in [2.24, 2.45) is 16.8 Å². The highest BCUT2D eigenvalue weighted by Crippen LogP contribution is 2.35. The number of nitrogens with zero attached hydrogens (tertiary/aromatic N) is 3. The average Bonchev–Trinajstić information content (AvgIpc) is 2.61. The summed E-state index contributed by atoms with van der Waals surface area (Å²) in [6.07, 6.45) is 15.4. The molecule has 0 amide bonds. The number of aliphatic imine (C=N–C) groups is 1. The average molecular weight is 349 g/mol. The van der Waals surface area contributed by atoms with E-state index in [1.165, 1.54) is 70.0 Å². The van der Waals surface area contributed by atoms with Gasteiger partial charge in [-0.15, -0.1) is 0 Å². The zero-order valence-corrected chi connectivity index (χ0v) is 17.0. The standard InChI is InChI=1S/C21H40N4/c1-24(2)20(14-16-10-6-5-7-11-16)23-19-15-21(25(3)4)22-18-13-9-8-12-17(18)19/h16-19,21-22H,5-15H2,1-4H3. The minimum Gasteiger partial charge on any atom is -0.366 e. The van der Waals surface area contributed by atoms with Crippen molar-refractivity contribution in [1.82, 2.24) is 15.1 Å². The van der Waals surface area contributed by atoms with E-state index in [0.29, 0.717) is 18.2 Å². The van der Waals surface area contributed by atoms with Crippen molar-refractivity contribution in [3.8, 4) is 0 Å². The monoisotopic (exact) mass is 348 g/mol. The van der Waals surface area contributed by atoms with Crippen LogP contribution < -0.4 is 5.32 Å². The normalized spacial score (nSPS) is 34.8. The van der Waals surface area contributed by atoms with Gasteiger partial charge in [0.25, 0.3) is 0 Å². The highest BCUT2D eigenvalue weighted by Gasteiger charge is 2.39. The second-order valence-electron chi connectivity index (χ2n) is 9.15. The molecule has 1 saturated heterocycles. The van der Waals surface area contributed by atoms with Gasteiger partial charge in [0.05, 0.1) is 18.0 Å². The summed E-state index contributed by atoms with van der Waals surface area (Å²) >= 11 is 0. The maximum absolute atomic E-state index is 5.42. The molecule has 4 unspecified atom stereocenters. The zero-order valence-electron chi connectivity index (χ0n) is 17.0. The van der Waals surface area contributed by atoms with Gasteiger partial charge in [-0.05, 0) is 45.2 Å². The molecule has 1 heterocycles. The van der Waals surface area contributed by atoms with Gasteiger partial charge < -0.3 is 4.90 Å². The minimum absolute atomic E-state index is 0.478. The van der Waals surface area contributed by atoms with Gasteiger partial charge in [-0.3, -0.25) is 15.2 Å². The second-order valence-corrected chi connectivity index (χ2v) is 9.15. The van der Waals surface area contributed by atoms with Crippen molar-refractivity contribution in [1.29, 1.82) is 0 Å². The van der Waals surface area contributed by atoms with Crippen molar-refractivity contribution < 1.29 is 0 Å². The molecule has 25 heavy (non-hydrogen) atoms. The van der Waals surface area contributed by atoms with E-state index in [0.717, 1.165) is 18.3 Å². The molecule has 0 bridgehead atoms. The van der Waals surface area contributed by atoms with E-state index in [1.807, 2.05) is 0 Å². The van der Waals surface area contributed by atoms with Crippen LogP contribution in [0.4, 0.5) is 0 Å². The van der Waals surface area contributed by atoms with Gasteiger partial charge in [-0.2, -0.15) is 0 Å². The van der Waals surface area contributed by atoms with Crippen molar-refractivity contribution in [3.63, 3.8) is 0 Å². The molecule has 4 heteroatoms. The Hall–Kier alpha value is -0.610. The van der Waals surface area contributed by atoms with Crippen molar-refractivity contribution >= 4 is 5.84 Å². The maximum atomic E-state index is 5.42. The lowest BCUT2D eigenvalue weighted by atomic mass is 9.75. The molecule has 0 radical (unpaired) electrons. The van der Waals surface area contributed by atoms with E-state index in [9.17, 15) is 0 Å². The lowest BCUT2D eigenvalue weighted by Crippen LogP contribution is -2.59. The topological polar surface area (TPSA) is 30.9 Å². The third kappa shape index (κ3) is 4.97. The highest BCUT2D eigenvalue weighted by molar-refractivity contribution is 5.82. The number of rotatable bonds is 4. The Morgan fingerprint density at radius 3 is 2.28 bits per heavy atom. The molecule has 0 aromatic carbocycles. The molecule has 0 aromatic rings. The van der Waals surface area contributed by atoms with Crippen LogP contribution in [0.1, 0.15) is 70.6 Å². The second kappa shape index (κ2) is 8.85. The van der Waals surface area contributed by atoms with Crippen LogP contribution >= 0.6 is 0 Å². The third-order valence-corrected chi connectivity index (χ3v) is 6.84. The van der Waals surface area contributed by atoms with E-state index >= 15 is 0 Å². The molecule has 3 rings (SSSR count). The Labute approximate surface area is 155 Å². The van der Waals surface area contributed by atoms with Gasteiger partial charge >= 0.3 is 0 Å². The molecular formula is C21H40N4. The number of fused-ring (bicyclic) bond motifs is 1. The molecule has 144 valence electrons. The molecule has 0 spiro atoms. The molecule has 2 aliphatic carbocycles. The predicted octanol–water partition coefficient (Wildman–Crippen LogP) is 3.73. The number of amidine groups is 1. The lowest BCUT2D eigenvalue weighted by Gasteiger charge is -2.46. The first-order valence-corrected chi connectivity index (χ1v) is 10.7. The first-order valence-electron chi connectivity index (χ1n) is 10.7. The van der Waals surface area contributed by atoms with Gasteiger partial charge in [0.15, 0.2) is 0 Å². The summed E-state index contributed by atoms with van der Waals surface area (Å²) in [5.41, 5.74) is 0. The third-order valence-electron chi connectivity index (χ3n) is 6.84. The van der Waals surface area contributed by atoms with Gasteiger partial charge in [-0.25, -0.2) is 0 Å². The smallest absolute Gasteiger partial charge is 0.0990 e. The Kier molecular flexibility index (Phi) is 6.79. The molecule has 1 aliphatic heterocycles. The molecular weight excluding hydrogens is 308 g/mol. The van der Waals surface area contributed by atoms with Crippen LogP contribution in [0.5, 0.6) is 0 Å². The van der Waals surface area contributed by atoms with E-state index in [1.54, 1.807) is 0 Å². The van der Waals surface area contributed by atoms with Crippen LogP contribution in [0.3, 0.4) is 0 Å². The van der Waals surface area contributed by atoms with E-state index in [-0.39, 0.29) is 0 Å². The van der Waals surface area contributed by atoms with Gasteiger partial charge in [0.1, 0.15) is 0 Å². The van der Waals surface area contributed by atoms with Crippen molar-refractivity contribution in [3.05, 3.63) is 0 Å². The summed E-state index contributed by atoms with van der Waals surface area (Å²) in [7, 11) is 8.81. The van der Waals surface area contributed by atoms with Crippen LogP contribution in [0.2, 0.25) is 0 Å². The van der Waals surface area contributed by atoms with Crippen molar-refractivity contribution in [2.45, 2.75) is 88.9 Å². The minimum atomic E-state index is 0.478. The van der Waals surface area contributed by atoms with Crippen LogP contribution in [-0.2, 0) is 0 Å². The quantitative estimate of drug-likeness (QED) is 0.620. The van der Waals surface area contributed by atoms with E-state index in [2.05, 4.69) is 43.3 Å². The summed E-state index contributed by atoms with van der Waals surface area (Å²) in [6.45, 7) is 0. The summed E-state index contributed by atoms with van der Waals surface area (Å²) < 4.78 is 0. The maximum Gasteiger partial charge on any atom is 0.0990 e. The summed E-state index contributed by atoms with van der Waals surface area (Å²) in [5.74, 6) is 2.97. The first kappa shape index (κ1) is 19.2. The summed E-state index contributed by atoms with van der Waals surface area (Å²) in [5, 5.41) is 3.91. The number of nitrogens with one attached hydrogen (secondary N) is 1. The molecule has 0 aromatic heterocycles. The van der Waals surface area contributed by atoms with Gasteiger partial charge in [0.2, 0.25) is 0 Å². The molecule has 4 atom stereocenters. The van der Waals surface area contributed by atoms with Gasteiger partial charge in [0, 0.05) is 26.6 Å². The number of piperidine rings is 1. The Balaban J connectivity index is 1.74. The van der Waals surface area contributed by atoms with Crippen LogP contribution in [-0.4, -0.2) is 62.1 Å². The van der Waals surface area contributed by atoms with Gasteiger partial charge in [-0.1, -0.05) is 44.9 Å². The van der Waals surface area contributed by atoms with E-state index < -0.39 is 0 Å². The Morgan fingerprint density at radius 2 is 1.60 bits per heavy atom. The van der Waals surface area contributed by atoms with Crippen LogP contribution in [0.15, 0.2) is 4.99 Å². The summed E-state index contributed by atoms with van der Waals surface area (Å²) in [6, 6.07) is 1.17. The number of hydrogen-bond donors (Lipinski definition) is 1. The van der Waals surface area contributed by atoms with Crippen LogP contribution in [0.25, 0.3) is 0 Å². The fraction of sp³-hybridized carbons (Fsp3) is 0.952. The highest BCUT2D eigenvalue weighted by atomic mass is 15.3. The fourth-order valence-electron chi connectivity index (χ4n) is 5.25. The predicted molar refractivity (Wildman–Crippen MR) is 107 cm³/mol. The van der Waals surface area contributed by atoms with Crippen molar-refractivity contribution in [2.75, 3.05) is 28.2 Å². The fourth-order valence-corrected chi connectivity index (χ4v) is 5.25. The molecule has 2 saturated carbocycles. The lowest BCUT2D eigenvalue weighted by molar-refractivity contribution is 0.0884. The van der Waals surface area contributed by atoms with Crippen LogP contribution in [0, 0.1) is 11.8 Å². The van der Waals surface area contributed by atoms with E-state index in [4.69, 9.17) is 4.99 Å². The zero-order chi connectivity index (χ0) is 17.8. The largest absolute Gasteiger partial charge is 0.366 e.